The second-order valence-corrected chi connectivity index (χ2v) is 7.17. The van der Waals surface area contributed by atoms with E-state index < -0.39 is 5.97 Å². The summed E-state index contributed by atoms with van der Waals surface area (Å²) in [5.74, 6) is -0.236. The molecule has 0 bridgehead atoms. The molecule has 20 heavy (non-hydrogen) atoms. The molecule has 7 heteroatoms. The third-order valence-electron chi connectivity index (χ3n) is 2.59. The van der Waals surface area contributed by atoms with Crippen molar-refractivity contribution >= 4 is 52.3 Å². The van der Waals surface area contributed by atoms with Crippen molar-refractivity contribution in [3.63, 3.8) is 0 Å². The molecule has 0 saturated heterocycles. The number of benzene rings is 1. The first kappa shape index (κ1) is 15.6. The summed E-state index contributed by atoms with van der Waals surface area (Å²) in [4.78, 5) is 15.9. The first-order valence-electron chi connectivity index (χ1n) is 5.71. The lowest BCUT2D eigenvalue weighted by atomic mass is 10.2. The van der Waals surface area contributed by atoms with Gasteiger partial charge in [-0.15, -0.1) is 11.3 Å². The van der Waals surface area contributed by atoms with Crippen LogP contribution in [0.25, 0.3) is 0 Å². The number of carboxylic acids is 1. The highest BCUT2D eigenvalue weighted by Gasteiger charge is 2.13. The van der Waals surface area contributed by atoms with Gasteiger partial charge in [0.25, 0.3) is 0 Å². The van der Waals surface area contributed by atoms with Crippen molar-refractivity contribution < 1.29 is 9.90 Å². The Morgan fingerprint density at radius 1 is 1.40 bits per heavy atom. The van der Waals surface area contributed by atoms with Crippen LogP contribution in [0.15, 0.2) is 22.5 Å². The highest BCUT2D eigenvalue weighted by Crippen LogP contribution is 2.34. The molecule has 0 atom stereocenters. The number of nitrogens with zero attached hydrogens (tertiary/aromatic N) is 1. The fraction of sp³-hybridized carbons (Fsp3) is 0.231. The highest BCUT2D eigenvalue weighted by molar-refractivity contribution is 8.00. The number of aromatic nitrogens is 1. The average molecular weight is 348 g/mol. The molecule has 2 rings (SSSR count). The van der Waals surface area contributed by atoms with Gasteiger partial charge >= 0.3 is 5.97 Å². The van der Waals surface area contributed by atoms with Gasteiger partial charge in [-0.25, -0.2) is 4.98 Å². The van der Waals surface area contributed by atoms with E-state index in [4.69, 9.17) is 28.3 Å². The summed E-state index contributed by atoms with van der Waals surface area (Å²) < 4.78 is 0.828. The predicted octanol–water partition coefficient (Wildman–Crippen LogP) is 4.68. The quantitative estimate of drug-likeness (QED) is 0.798. The van der Waals surface area contributed by atoms with Gasteiger partial charge in [0.1, 0.15) is 0 Å². The number of halogens is 2. The molecule has 0 spiro atoms. The molecule has 0 aliphatic heterocycles. The molecule has 0 unspecified atom stereocenters. The predicted molar refractivity (Wildman–Crippen MR) is 84.2 cm³/mol. The Hall–Kier alpha value is -0.750. The maximum Gasteiger partial charge on any atom is 0.308 e. The number of rotatable bonds is 5. The fourth-order valence-corrected chi connectivity index (χ4v) is 4.54. The molecule has 0 aliphatic rings. The van der Waals surface area contributed by atoms with Crippen LogP contribution >= 0.6 is 46.3 Å². The van der Waals surface area contributed by atoms with Crippen LogP contribution in [0.2, 0.25) is 10.0 Å². The number of aliphatic carboxylic acids is 1. The topological polar surface area (TPSA) is 50.2 Å². The van der Waals surface area contributed by atoms with E-state index in [1.807, 2.05) is 6.92 Å². The molecular weight excluding hydrogens is 337 g/mol. The number of thiazole rings is 1. The van der Waals surface area contributed by atoms with Crippen molar-refractivity contribution in [3.05, 3.63) is 44.4 Å². The van der Waals surface area contributed by atoms with Crippen molar-refractivity contribution in [2.75, 3.05) is 0 Å². The number of carbonyl (C=O) groups is 1. The minimum absolute atomic E-state index is 0.0108. The zero-order chi connectivity index (χ0) is 14.7. The zero-order valence-electron chi connectivity index (χ0n) is 10.5. The van der Waals surface area contributed by atoms with Crippen molar-refractivity contribution in [1.82, 2.24) is 4.98 Å². The largest absolute Gasteiger partial charge is 0.481 e. The average Bonchev–Trinajstić information content (AvgIpc) is 2.68. The Morgan fingerprint density at radius 3 is 2.65 bits per heavy atom. The van der Waals surface area contributed by atoms with Crippen LogP contribution < -0.4 is 0 Å². The Bertz CT molecular complexity index is 623. The first-order chi connectivity index (χ1) is 9.47. The third-order valence-corrected chi connectivity index (χ3v) is 5.62. The molecule has 0 fully saturated rings. The van der Waals surface area contributed by atoms with Gasteiger partial charge in [-0.3, -0.25) is 4.79 Å². The Labute approximate surface area is 134 Å². The lowest BCUT2D eigenvalue weighted by molar-refractivity contribution is -0.136. The number of hydrogen-bond donors (Lipinski definition) is 1. The molecule has 0 aliphatic carbocycles. The lowest BCUT2D eigenvalue weighted by Crippen LogP contribution is -1.99. The van der Waals surface area contributed by atoms with E-state index in [9.17, 15) is 4.79 Å². The van der Waals surface area contributed by atoms with Crippen LogP contribution in [0, 0.1) is 6.92 Å². The van der Waals surface area contributed by atoms with Crippen molar-refractivity contribution in [2.24, 2.45) is 0 Å². The molecule has 106 valence electrons. The molecule has 3 nitrogen and oxygen atoms in total. The third kappa shape index (κ3) is 3.88. The van der Waals surface area contributed by atoms with Crippen LogP contribution in [-0.2, 0) is 17.0 Å². The number of aryl methyl sites for hydroxylation is 1. The van der Waals surface area contributed by atoms with Gasteiger partial charge in [0.15, 0.2) is 4.34 Å². The van der Waals surface area contributed by atoms with Crippen molar-refractivity contribution in [2.45, 2.75) is 23.4 Å². The summed E-state index contributed by atoms with van der Waals surface area (Å²) in [5.41, 5.74) is 1.64. The summed E-state index contributed by atoms with van der Waals surface area (Å²) in [5, 5.41) is 10.1. The van der Waals surface area contributed by atoms with Gasteiger partial charge in [-0.2, -0.15) is 0 Å². The van der Waals surface area contributed by atoms with Crippen LogP contribution in [0.3, 0.4) is 0 Å². The van der Waals surface area contributed by atoms with E-state index >= 15 is 0 Å². The second kappa shape index (κ2) is 6.80. The Kier molecular flexibility index (Phi) is 5.32. The first-order valence-corrected chi connectivity index (χ1v) is 8.27. The molecule has 0 radical (unpaired) electrons. The molecule has 1 aromatic heterocycles. The lowest BCUT2D eigenvalue weighted by Gasteiger charge is -2.04. The summed E-state index contributed by atoms with van der Waals surface area (Å²) in [6.45, 7) is 1.82. The summed E-state index contributed by atoms with van der Waals surface area (Å²) in [6.07, 6.45) is 0.0108. The standard InChI is InChI=1S/C13H11Cl2NO2S2/c1-7-11(5-12(17)18)20-13(16-7)19-6-8-9(14)3-2-4-10(8)15/h2-4H,5-6H2,1H3,(H,17,18). The minimum atomic E-state index is -0.845. The van der Waals surface area contributed by atoms with Crippen molar-refractivity contribution in [3.8, 4) is 0 Å². The van der Waals surface area contributed by atoms with E-state index in [0.717, 1.165) is 20.5 Å². The molecule has 1 aromatic carbocycles. The number of hydrogen-bond acceptors (Lipinski definition) is 4. The zero-order valence-corrected chi connectivity index (χ0v) is 13.7. The van der Waals surface area contributed by atoms with Crippen molar-refractivity contribution in [1.29, 1.82) is 0 Å². The van der Waals surface area contributed by atoms with Crippen LogP contribution in [0.1, 0.15) is 16.1 Å². The van der Waals surface area contributed by atoms with Gasteiger partial charge in [0.2, 0.25) is 0 Å². The van der Waals surface area contributed by atoms with E-state index in [1.165, 1.54) is 23.1 Å². The monoisotopic (exact) mass is 347 g/mol. The van der Waals surface area contributed by atoms with Gasteiger partial charge in [-0.1, -0.05) is 41.0 Å². The van der Waals surface area contributed by atoms with Gasteiger partial charge < -0.3 is 5.11 Å². The SMILES string of the molecule is Cc1nc(SCc2c(Cl)cccc2Cl)sc1CC(=O)O. The molecule has 0 saturated carbocycles. The maximum absolute atomic E-state index is 10.7. The molecular formula is C13H11Cl2NO2S2. The van der Waals surface area contributed by atoms with E-state index in [2.05, 4.69) is 4.98 Å². The molecule has 1 heterocycles. The number of carboxylic acid groups (broad SMARTS) is 1. The second-order valence-electron chi connectivity index (χ2n) is 4.05. The summed E-state index contributed by atoms with van der Waals surface area (Å²) in [7, 11) is 0. The number of thioether (sulfide) groups is 1. The molecule has 2 aromatic rings. The summed E-state index contributed by atoms with van der Waals surface area (Å²) in [6, 6.07) is 5.40. The Morgan fingerprint density at radius 2 is 2.05 bits per heavy atom. The van der Waals surface area contributed by atoms with Crippen LogP contribution in [0.4, 0.5) is 0 Å². The molecule has 1 N–H and O–H groups in total. The Balaban J connectivity index is 2.10. The van der Waals surface area contributed by atoms with E-state index in [0.29, 0.717) is 15.8 Å². The normalized spacial score (nSPS) is 10.8. The van der Waals surface area contributed by atoms with Crippen LogP contribution in [-0.4, -0.2) is 16.1 Å². The van der Waals surface area contributed by atoms with Gasteiger partial charge in [0, 0.05) is 20.7 Å². The van der Waals surface area contributed by atoms with Gasteiger partial charge in [-0.05, 0) is 24.6 Å². The molecule has 0 amide bonds. The smallest absolute Gasteiger partial charge is 0.308 e. The van der Waals surface area contributed by atoms with Crippen LogP contribution in [0.5, 0.6) is 0 Å². The highest BCUT2D eigenvalue weighted by atomic mass is 35.5. The van der Waals surface area contributed by atoms with Gasteiger partial charge in [0.05, 0.1) is 12.1 Å². The van der Waals surface area contributed by atoms with E-state index in [-0.39, 0.29) is 6.42 Å². The summed E-state index contributed by atoms with van der Waals surface area (Å²) >= 11 is 15.1. The minimum Gasteiger partial charge on any atom is -0.481 e. The maximum atomic E-state index is 10.7. The van der Waals surface area contributed by atoms with E-state index in [1.54, 1.807) is 18.2 Å². The fourth-order valence-electron chi connectivity index (χ4n) is 1.57.